The van der Waals surface area contributed by atoms with Crippen molar-refractivity contribution >= 4 is 32.6 Å². The zero-order chi connectivity index (χ0) is 9.42. The van der Waals surface area contributed by atoms with Crippen LogP contribution in [0.15, 0.2) is 28.9 Å². The van der Waals surface area contributed by atoms with Crippen molar-refractivity contribution in [2.75, 3.05) is 0 Å². The third kappa shape index (κ3) is 1.40. The van der Waals surface area contributed by atoms with Crippen LogP contribution in [0.2, 0.25) is 0 Å². The van der Waals surface area contributed by atoms with Gasteiger partial charge in [-0.3, -0.25) is 4.79 Å². The molecule has 0 aliphatic rings. The minimum atomic E-state index is 0.0869. The average Bonchev–Trinajstić information content (AvgIpc) is 2.51. The third-order valence-electron chi connectivity index (χ3n) is 2.02. The lowest BCUT2D eigenvalue weighted by Gasteiger charge is -1.98. The molecule has 1 heterocycles. The van der Waals surface area contributed by atoms with Crippen LogP contribution >= 0.6 is 15.9 Å². The van der Waals surface area contributed by atoms with E-state index in [0.29, 0.717) is 0 Å². The fraction of sp³-hybridized carbons (Fsp3) is 0.100. The van der Waals surface area contributed by atoms with Crippen molar-refractivity contribution in [1.82, 2.24) is 4.98 Å². The number of ketones is 1. The maximum Gasteiger partial charge on any atom is 0.159 e. The molecule has 1 aromatic carbocycles. The molecule has 0 saturated heterocycles. The summed E-state index contributed by atoms with van der Waals surface area (Å²) < 4.78 is 0.931. The Labute approximate surface area is 84.1 Å². The molecule has 0 amide bonds. The number of H-pyrrole nitrogens is 1. The molecule has 0 aliphatic heterocycles. The van der Waals surface area contributed by atoms with E-state index in [1.165, 1.54) is 0 Å². The van der Waals surface area contributed by atoms with Gasteiger partial charge in [0.15, 0.2) is 5.78 Å². The molecular formula is C10H8BrNO. The summed E-state index contributed by atoms with van der Waals surface area (Å²) in [6.45, 7) is 1.57. The zero-order valence-electron chi connectivity index (χ0n) is 7.10. The molecule has 2 nitrogen and oxygen atoms in total. The van der Waals surface area contributed by atoms with E-state index in [1.54, 1.807) is 6.92 Å². The minimum Gasteiger partial charge on any atom is -0.360 e. The van der Waals surface area contributed by atoms with Gasteiger partial charge in [-0.05, 0) is 41.1 Å². The lowest BCUT2D eigenvalue weighted by atomic mass is 10.1. The molecule has 2 aromatic rings. The molecule has 3 heteroatoms. The topological polar surface area (TPSA) is 32.9 Å². The highest BCUT2D eigenvalue weighted by Crippen LogP contribution is 2.24. The molecule has 1 N–H and O–H groups in total. The molecule has 66 valence electrons. The van der Waals surface area contributed by atoms with Gasteiger partial charge in [-0.25, -0.2) is 0 Å². The van der Waals surface area contributed by atoms with E-state index in [-0.39, 0.29) is 5.78 Å². The van der Waals surface area contributed by atoms with E-state index in [2.05, 4.69) is 20.9 Å². The van der Waals surface area contributed by atoms with Gasteiger partial charge < -0.3 is 4.98 Å². The number of carbonyl (C=O) groups is 1. The molecule has 13 heavy (non-hydrogen) atoms. The monoisotopic (exact) mass is 237 g/mol. The summed E-state index contributed by atoms with van der Waals surface area (Å²) in [5.74, 6) is 0.0869. The van der Waals surface area contributed by atoms with Gasteiger partial charge in [-0.1, -0.05) is 0 Å². The van der Waals surface area contributed by atoms with Crippen molar-refractivity contribution < 1.29 is 4.79 Å². The maximum atomic E-state index is 11.1. The zero-order valence-corrected chi connectivity index (χ0v) is 8.68. The molecule has 0 radical (unpaired) electrons. The van der Waals surface area contributed by atoms with Crippen LogP contribution in [0.4, 0.5) is 0 Å². The number of Topliss-reactive ketones (excluding diaryl/α,β-unsaturated/α-hetero) is 1. The molecule has 0 bridgehead atoms. The number of hydrogen-bond acceptors (Lipinski definition) is 1. The van der Waals surface area contributed by atoms with E-state index in [9.17, 15) is 4.79 Å². The first-order chi connectivity index (χ1) is 6.18. The normalized spacial score (nSPS) is 10.6. The van der Waals surface area contributed by atoms with Crippen LogP contribution in [0, 0.1) is 0 Å². The fourth-order valence-electron chi connectivity index (χ4n) is 1.33. The molecule has 0 atom stereocenters. The number of halogens is 1. The second-order valence-corrected chi connectivity index (χ2v) is 3.81. The Morgan fingerprint density at radius 1 is 1.46 bits per heavy atom. The Morgan fingerprint density at radius 2 is 2.23 bits per heavy atom. The first-order valence-electron chi connectivity index (χ1n) is 3.96. The highest BCUT2D eigenvalue weighted by molar-refractivity contribution is 9.10. The molecule has 0 spiro atoms. The summed E-state index contributed by atoms with van der Waals surface area (Å²) in [7, 11) is 0. The summed E-state index contributed by atoms with van der Waals surface area (Å²) in [6.07, 6.45) is 1.86. The number of rotatable bonds is 1. The number of fused-ring (bicyclic) bond motifs is 1. The largest absolute Gasteiger partial charge is 0.360 e. The van der Waals surface area contributed by atoms with Crippen LogP contribution in [-0.2, 0) is 0 Å². The summed E-state index contributed by atoms with van der Waals surface area (Å²) in [5, 5.41) is 1.06. The second kappa shape index (κ2) is 3.00. The summed E-state index contributed by atoms with van der Waals surface area (Å²) in [6, 6.07) is 5.67. The van der Waals surface area contributed by atoms with Crippen molar-refractivity contribution in [3.8, 4) is 0 Å². The van der Waals surface area contributed by atoms with Crippen LogP contribution in [0.5, 0.6) is 0 Å². The van der Waals surface area contributed by atoms with Gasteiger partial charge in [0, 0.05) is 21.6 Å². The van der Waals surface area contributed by atoms with Gasteiger partial charge in [0.05, 0.1) is 5.52 Å². The van der Waals surface area contributed by atoms with Crippen LogP contribution in [0.3, 0.4) is 0 Å². The van der Waals surface area contributed by atoms with Gasteiger partial charge in [0.1, 0.15) is 0 Å². The number of carbonyl (C=O) groups excluding carboxylic acids is 1. The predicted octanol–water partition coefficient (Wildman–Crippen LogP) is 3.13. The standard InChI is InChI=1S/C10H8BrNO/c1-6(13)8-4-7-2-3-12-10(7)9(11)5-8/h2-5,12H,1H3. The lowest BCUT2D eigenvalue weighted by Crippen LogP contribution is -1.91. The van der Waals surface area contributed by atoms with Crippen LogP contribution < -0.4 is 0 Å². The van der Waals surface area contributed by atoms with E-state index in [4.69, 9.17) is 0 Å². The first-order valence-corrected chi connectivity index (χ1v) is 4.75. The SMILES string of the molecule is CC(=O)c1cc(Br)c2[nH]ccc2c1. The second-order valence-electron chi connectivity index (χ2n) is 2.96. The number of hydrogen-bond donors (Lipinski definition) is 1. The molecular weight excluding hydrogens is 230 g/mol. The predicted molar refractivity (Wildman–Crippen MR) is 56.0 cm³/mol. The van der Waals surface area contributed by atoms with Crippen molar-refractivity contribution in [2.24, 2.45) is 0 Å². The minimum absolute atomic E-state index is 0.0869. The Hall–Kier alpha value is -1.09. The molecule has 0 saturated carbocycles. The highest BCUT2D eigenvalue weighted by atomic mass is 79.9. The Kier molecular flexibility index (Phi) is 1.96. The van der Waals surface area contributed by atoms with Crippen molar-refractivity contribution in [2.45, 2.75) is 6.92 Å². The first kappa shape index (κ1) is 8.51. The van der Waals surface area contributed by atoms with Gasteiger partial charge in [0.2, 0.25) is 0 Å². The average molecular weight is 238 g/mol. The number of aromatic nitrogens is 1. The van der Waals surface area contributed by atoms with Crippen LogP contribution in [-0.4, -0.2) is 10.8 Å². The molecule has 1 aromatic heterocycles. The third-order valence-corrected chi connectivity index (χ3v) is 2.64. The Balaban J connectivity index is 2.77. The lowest BCUT2D eigenvalue weighted by molar-refractivity contribution is 0.101. The van der Waals surface area contributed by atoms with Crippen LogP contribution in [0.1, 0.15) is 17.3 Å². The summed E-state index contributed by atoms with van der Waals surface area (Å²) >= 11 is 3.41. The maximum absolute atomic E-state index is 11.1. The van der Waals surface area contributed by atoms with Gasteiger partial charge >= 0.3 is 0 Å². The van der Waals surface area contributed by atoms with Crippen LogP contribution in [0.25, 0.3) is 10.9 Å². The van der Waals surface area contributed by atoms with E-state index >= 15 is 0 Å². The number of aromatic amines is 1. The van der Waals surface area contributed by atoms with Gasteiger partial charge in [-0.2, -0.15) is 0 Å². The highest BCUT2D eigenvalue weighted by Gasteiger charge is 2.05. The molecule has 2 rings (SSSR count). The smallest absolute Gasteiger partial charge is 0.159 e. The molecule has 0 aliphatic carbocycles. The number of nitrogens with one attached hydrogen (secondary N) is 1. The molecule has 0 fully saturated rings. The Morgan fingerprint density at radius 3 is 2.92 bits per heavy atom. The van der Waals surface area contributed by atoms with E-state index in [0.717, 1.165) is 20.9 Å². The molecule has 0 unspecified atom stereocenters. The quantitative estimate of drug-likeness (QED) is 0.760. The summed E-state index contributed by atoms with van der Waals surface area (Å²) in [4.78, 5) is 14.2. The fourth-order valence-corrected chi connectivity index (χ4v) is 1.92. The van der Waals surface area contributed by atoms with Crippen molar-refractivity contribution in [3.63, 3.8) is 0 Å². The van der Waals surface area contributed by atoms with Crippen molar-refractivity contribution in [1.29, 1.82) is 0 Å². The Bertz CT molecular complexity index is 473. The summed E-state index contributed by atoms with van der Waals surface area (Å²) in [5.41, 5.74) is 1.77. The van der Waals surface area contributed by atoms with Gasteiger partial charge in [-0.15, -0.1) is 0 Å². The van der Waals surface area contributed by atoms with E-state index in [1.807, 2.05) is 24.4 Å². The van der Waals surface area contributed by atoms with Gasteiger partial charge in [0.25, 0.3) is 0 Å². The number of benzene rings is 1. The van der Waals surface area contributed by atoms with E-state index < -0.39 is 0 Å². The van der Waals surface area contributed by atoms with Crippen molar-refractivity contribution in [3.05, 3.63) is 34.4 Å².